The Bertz CT molecular complexity index is 1050. The van der Waals surface area contributed by atoms with Gasteiger partial charge in [-0.1, -0.05) is 6.07 Å². The number of rotatable bonds is 6. The van der Waals surface area contributed by atoms with Crippen LogP contribution < -0.4 is 10.3 Å². The van der Waals surface area contributed by atoms with E-state index in [0.717, 1.165) is 0 Å². The van der Waals surface area contributed by atoms with Gasteiger partial charge in [0, 0.05) is 6.20 Å². The number of aromatic amines is 1. The lowest BCUT2D eigenvalue weighted by molar-refractivity contribution is -0.139. The summed E-state index contributed by atoms with van der Waals surface area (Å²) in [5, 5.41) is 3.00. The van der Waals surface area contributed by atoms with Gasteiger partial charge in [0.15, 0.2) is 5.82 Å². The predicted molar refractivity (Wildman–Crippen MR) is 105 cm³/mol. The molecule has 2 heterocycles. The van der Waals surface area contributed by atoms with Gasteiger partial charge in [0.25, 0.3) is 5.56 Å². The zero-order valence-electron chi connectivity index (χ0n) is 15.8. The number of esters is 1. The van der Waals surface area contributed by atoms with Gasteiger partial charge in [-0.2, -0.15) is 0 Å². The molecule has 0 aliphatic rings. The van der Waals surface area contributed by atoms with Crippen LogP contribution in [0.4, 0.5) is 5.82 Å². The molecule has 0 spiro atoms. The third-order valence-electron chi connectivity index (χ3n) is 4.14. The standard InChI is InChI=1S/C20H20N4O4/c1-13(22-17-6-4-5-11-21-17)19-16(12-18(25)28-3)23-24(20(19)26)14-7-9-15(27-2)10-8-14/h4-11,23H,12H2,1-3H3. The fraction of sp³-hybridized carbons (Fsp3) is 0.200. The van der Waals surface area contributed by atoms with E-state index in [1.807, 2.05) is 0 Å². The molecule has 8 heteroatoms. The number of aromatic nitrogens is 3. The van der Waals surface area contributed by atoms with Crippen molar-refractivity contribution < 1.29 is 14.3 Å². The fourth-order valence-corrected chi connectivity index (χ4v) is 2.76. The summed E-state index contributed by atoms with van der Waals surface area (Å²) in [6, 6.07) is 12.3. The van der Waals surface area contributed by atoms with Crippen molar-refractivity contribution in [3.63, 3.8) is 0 Å². The van der Waals surface area contributed by atoms with Crippen LogP contribution in [0.2, 0.25) is 0 Å². The maximum atomic E-state index is 13.1. The van der Waals surface area contributed by atoms with E-state index >= 15 is 0 Å². The van der Waals surface area contributed by atoms with Crippen molar-refractivity contribution in [3.05, 3.63) is 70.3 Å². The Kier molecular flexibility index (Phi) is 5.69. The first-order valence-corrected chi connectivity index (χ1v) is 8.55. The monoisotopic (exact) mass is 380 g/mol. The van der Waals surface area contributed by atoms with Crippen molar-refractivity contribution >= 4 is 17.5 Å². The maximum absolute atomic E-state index is 13.1. The highest BCUT2D eigenvalue weighted by molar-refractivity contribution is 6.01. The Balaban J connectivity index is 2.11. The molecular weight excluding hydrogens is 360 g/mol. The zero-order chi connectivity index (χ0) is 20.1. The van der Waals surface area contributed by atoms with Crippen LogP contribution in [0.15, 0.2) is 58.4 Å². The number of carbonyl (C=O) groups is 1. The molecule has 0 bridgehead atoms. The first-order chi connectivity index (χ1) is 13.5. The Morgan fingerprint density at radius 3 is 2.54 bits per heavy atom. The number of pyridine rings is 1. The highest BCUT2D eigenvalue weighted by Crippen LogP contribution is 2.16. The maximum Gasteiger partial charge on any atom is 0.311 e. The Morgan fingerprint density at radius 1 is 1.18 bits per heavy atom. The van der Waals surface area contributed by atoms with Crippen molar-refractivity contribution in [3.8, 4) is 11.4 Å². The van der Waals surface area contributed by atoms with Crippen LogP contribution in [0.5, 0.6) is 5.75 Å². The van der Waals surface area contributed by atoms with E-state index in [0.29, 0.717) is 34.2 Å². The van der Waals surface area contributed by atoms with Crippen LogP contribution in [0.1, 0.15) is 18.2 Å². The molecule has 0 unspecified atom stereocenters. The second kappa shape index (κ2) is 8.34. The van der Waals surface area contributed by atoms with Gasteiger partial charge in [-0.15, -0.1) is 0 Å². The van der Waals surface area contributed by atoms with E-state index in [-0.39, 0.29) is 12.0 Å². The van der Waals surface area contributed by atoms with E-state index in [9.17, 15) is 9.59 Å². The second-order valence-corrected chi connectivity index (χ2v) is 5.94. The molecule has 0 aliphatic carbocycles. The topological polar surface area (TPSA) is 98.6 Å². The quantitative estimate of drug-likeness (QED) is 0.523. The molecule has 8 nitrogen and oxygen atoms in total. The predicted octanol–water partition coefficient (Wildman–Crippen LogP) is 2.43. The lowest BCUT2D eigenvalue weighted by Crippen LogP contribution is -2.20. The van der Waals surface area contributed by atoms with E-state index in [1.165, 1.54) is 11.8 Å². The first kappa shape index (κ1) is 19.1. The van der Waals surface area contributed by atoms with Crippen LogP contribution in [0.25, 0.3) is 5.69 Å². The van der Waals surface area contributed by atoms with Gasteiger partial charge in [0.05, 0.1) is 43.3 Å². The summed E-state index contributed by atoms with van der Waals surface area (Å²) in [4.78, 5) is 33.5. The lowest BCUT2D eigenvalue weighted by Gasteiger charge is -2.03. The lowest BCUT2D eigenvalue weighted by atomic mass is 10.1. The normalized spacial score (nSPS) is 11.3. The molecular formula is C20H20N4O4. The molecule has 0 atom stereocenters. The summed E-state index contributed by atoms with van der Waals surface area (Å²) in [6.45, 7) is 1.71. The summed E-state index contributed by atoms with van der Waals surface area (Å²) in [6.07, 6.45) is 1.54. The molecule has 0 saturated carbocycles. The fourth-order valence-electron chi connectivity index (χ4n) is 2.76. The average Bonchev–Trinajstić information content (AvgIpc) is 3.04. The van der Waals surface area contributed by atoms with Crippen molar-refractivity contribution in [2.75, 3.05) is 14.2 Å². The summed E-state index contributed by atoms with van der Waals surface area (Å²) in [5.41, 5.74) is 1.47. The van der Waals surface area contributed by atoms with Gasteiger partial charge >= 0.3 is 5.97 Å². The summed E-state index contributed by atoms with van der Waals surface area (Å²) in [5.74, 6) is 0.682. The van der Waals surface area contributed by atoms with Crippen LogP contribution >= 0.6 is 0 Å². The van der Waals surface area contributed by atoms with Gasteiger partial charge in [0.1, 0.15) is 5.75 Å². The SMILES string of the molecule is COC(=O)Cc1[nH]n(-c2ccc(OC)cc2)c(=O)c1C(C)=Nc1ccccn1. The molecule has 1 aromatic carbocycles. The largest absolute Gasteiger partial charge is 0.497 e. The van der Waals surface area contributed by atoms with Gasteiger partial charge in [-0.25, -0.2) is 14.7 Å². The van der Waals surface area contributed by atoms with Crippen LogP contribution in [0.3, 0.4) is 0 Å². The number of hydrogen-bond donors (Lipinski definition) is 1. The highest BCUT2D eigenvalue weighted by atomic mass is 16.5. The Labute approximate surface area is 161 Å². The molecule has 3 aromatic rings. The molecule has 0 fully saturated rings. The van der Waals surface area contributed by atoms with E-state index < -0.39 is 5.97 Å². The molecule has 28 heavy (non-hydrogen) atoms. The molecule has 1 N–H and O–H groups in total. The molecule has 0 amide bonds. The summed E-state index contributed by atoms with van der Waals surface area (Å²) >= 11 is 0. The average molecular weight is 380 g/mol. The van der Waals surface area contributed by atoms with Gasteiger partial charge in [-0.3, -0.25) is 14.7 Å². The van der Waals surface area contributed by atoms with Gasteiger partial charge in [-0.05, 0) is 43.3 Å². The number of hydrogen-bond acceptors (Lipinski definition) is 6. The minimum absolute atomic E-state index is 0.0840. The first-order valence-electron chi connectivity index (χ1n) is 8.55. The van der Waals surface area contributed by atoms with E-state index in [2.05, 4.69) is 15.1 Å². The third-order valence-corrected chi connectivity index (χ3v) is 4.14. The smallest absolute Gasteiger partial charge is 0.311 e. The number of benzene rings is 1. The second-order valence-electron chi connectivity index (χ2n) is 5.94. The van der Waals surface area contributed by atoms with Crippen LogP contribution in [-0.4, -0.2) is 40.7 Å². The van der Waals surface area contributed by atoms with Gasteiger partial charge in [0.2, 0.25) is 0 Å². The summed E-state index contributed by atoms with van der Waals surface area (Å²) < 4.78 is 11.3. The third kappa shape index (κ3) is 4.01. The summed E-state index contributed by atoms with van der Waals surface area (Å²) in [7, 11) is 2.87. The molecule has 2 aromatic heterocycles. The number of nitrogens with one attached hydrogen (secondary N) is 1. The molecule has 0 radical (unpaired) electrons. The van der Waals surface area contributed by atoms with Crippen molar-refractivity contribution in [1.29, 1.82) is 0 Å². The minimum atomic E-state index is -0.463. The highest BCUT2D eigenvalue weighted by Gasteiger charge is 2.20. The molecule has 144 valence electrons. The van der Waals surface area contributed by atoms with Crippen molar-refractivity contribution in [2.45, 2.75) is 13.3 Å². The molecule has 0 aliphatic heterocycles. The Morgan fingerprint density at radius 2 is 1.93 bits per heavy atom. The number of carbonyl (C=O) groups excluding carboxylic acids is 1. The van der Waals surface area contributed by atoms with E-state index in [1.54, 1.807) is 62.7 Å². The van der Waals surface area contributed by atoms with Crippen molar-refractivity contribution in [1.82, 2.24) is 14.8 Å². The number of aliphatic imine (C=N–C) groups is 1. The van der Waals surface area contributed by atoms with E-state index in [4.69, 9.17) is 9.47 Å². The number of nitrogens with zero attached hydrogens (tertiary/aromatic N) is 3. The minimum Gasteiger partial charge on any atom is -0.497 e. The Hall–Kier alpha value is -3.68. The zero-order valence-corrected chi connectivity index (χ0v) is 15.8. The molecule has 3 rings (SSSR count). The number of methoxy groups -OCH3 is 2. The van der Waals surface area contributed by atoms with Crippen LogP contribution in [-0.2, 0) is 16.0 Å². The number of H-pyrrole nitrogens is 1. The van der Waals surface area contributed by atoms with Crippen LogP contribution in [0, 0.1) is 0 Å². The van der Waals surface area contributed by atoms with Crippen molar-refractivity contribution in [2.24, 2.45) is 4.99 Å². The molecule has 0 saturated heterocycles. The van der Waals surface area contributed by atoms with Gasteiger partial charge < -0.3 is 9.47 Å². The number of ether oxygens (including phenoxy) is 2.